The molecule has 19 nitrogen and oxygen atoms in total. The quantitative estimate of drug-likeness (QED) is 0.0199. The first kappa shape index (κ1) is 100. The van der Waals surface area contributed by atoms with E-state index in [2.05, 4.69) is 43.5 Å². The lowest BCUT2D eigenvalue weighted by Crippen LogP contribution is -2.66. The minimum Gasteiger partial charge on any atom is -0.394 e. The fraction of sp³-hybridized carbons (Fsp3) is 0.921. The van der Waals surface area contributed by atoms with Gasteiger partial charge in [-0.2, -0.15) is 0 Å². The number of carbonyl (C=O) groups excluding carboxylic acids is 1. The standard InChI is InChI=1S/C89H167NO18/c1-3-5-7-9-11-13-15-17-19-21-23-25-27-29-31-33-35-36-37-38-40-42-44-46-48-50-52-54-56-58-60-62-64-66-73(94)72(90-77(95)67-65-63-61-59-57-55-53-51-49-47-45-43-41-39-34-32-30-28-26-24-22-20-18-16-14-12-10-8-6-4-2)71-103-87-83(101)80(98)85(75(69-92)105-87)108-89-84(102)81(99)86(76(70-93)106-89)107-88-82(100)79(97)78(96)74(68-91)104-88/h48,50,56,58,64,66,72-76,78-89,91-94,96-102H,3-47,49,51-55,57,59-63,65,67-71H2,1-2H3,(H,90,95)/b50-48+,58-56+,66-64+. The van der Waals surface area contributed by atoms with Crippen molar-refractivity contribution in [3.63, 3.8) is 0 Å². The van der Waals surface area contributed by atoms with Crippen molar-refractivity contribution in [3.8, 4) is 0 Å². The van der Waals surface area contributed by atoms with Gasteiger partial charge in [0.15, 0.2) is 18.9 Å². The van der Waals surface area contributed by atoms with Crippen LogP contribution in [0.5, 0.6) is 0 Å². The summed E-state index contributed by atoms with van der Waals surface area (Å²) < 4.78 is 34.5. The summed E-state index contributed by atoms with van der Waals surface area (Å²) in [6, 6.07) is -0.997. The smallest absolute Gasteiger partial charge is 0.220 e. The molecule has 3 fully saturated rings. The molecule has 0 aliphatic carbocycles. The lowest BCUT2D eigenvalue weighted by atomic mass is 9.96. The molecule has 0 aromatic rings. The van der Waals surface area contributed by atoms with Crippen LogP contribution in [0.15, 0.2) is 36.5 Å². The van der Waals surface area contributed by atoms with Crippen LogP contribution in [0.2, 0.25) is 0 Å². The van der Waals surface area contributed by atoms with Crippen molar-refractivity contribution in [3.05, 3.63) is 36.5 Å². The third kappa shape index (κ3) is 47.8. The molecule has 1 amide bonds. The average Bonchev–Trinajstić information content (AvgIpc) is 0.780. The molecule has 12 N–H and O–H groups in total. The zero-order valence-corrected chi connectivity index (χ0v) is 68.6. The maximum atomic E-state index is 13.5. The SMILES string of the molecule is CCCCCCCCCCCCCCCCCCCCCCCCC/C=C/CC/C=C/CC/C=C/C(O)C(COC1OC(CO)C(OC2OC(CO)C(OC3OC(CO)C(O)C(O)C3O)C(O)C2O)C(O)C1O)NC(=O)CCCCCCCCCCCCCCCCCCCCCCCCCCCCCCCC. The van der Waals surface area contributed by atoms with Crippen molar-refractivity contribution in [1.29, 1.82) is 0 Å². The number of carbonyl (C=O) groups is 1. The third-order valence-corrected chi connectivity index (χ3v) is 22.7. The Morgan fingerprint density at radius 3 is 0.926 bits per heavy atom. The van der Waals surface area contributed by atoms with E-state index in [1.165, 1.54) is 315 Å². The number of unbranched alkanes of at least 4 members (excludes halogenated alkanes) is 54. The number of hydrogen-bond donors (Lipinski definition) is 12. The van der Waals surface area contributed by atoms with E-state index >= 15 is 0 Å². The van der Waals surface area contributed by atoms with E-state index in [9.17, 15) is 61.0 Å². The maximum Gasteiger partial charge on any atom is 0.220 e. The van der Waals surface area contributed by atoms with E-state index in [1.807, 2.05) is 6.08 Å². The van der Waals surface area contributed by atoms with Gasteiger partial charge in [0.2, 0.25) is 5.91 Å². The molecule has 17 unspecified atom stereocenters. The van der Waals surface area contributed by atoms with Crippen molar-refractivity contribution < 1.29 is 89.4 Å². The molecule has 0 radical (unpaired) electrons. The van der Waals surface area contributed by atoms with Crippen LogP contribution in [-0.4, -0.2) is 193 Å². The van der Waals surface area contributed by atoms with Crippen LogP contribution in [0.4, 0.5) is 0 Å². The van der Waals surface area contributed by atoms with Crippen LogP contribution in [0.25, 0.3) is 0 Å². The second kappa shape index (κ2) is 69.3. The van der Waals surface area contributed by atoms with Gasteiger partial charge < -0.3 is 89.9 Å². The number of hydrogen-bond acceptors (Lipinski definition) is 18. The lowest BCUT2D eigenvalue weighted by molar-refractivity contribution is -0.379. The molecular formula is C89H167NO18. The topological polar surface area (TPSA) is 307 Å². The molecule has 3 aliphatic heterocycles. The van der Waals surface area contributed by atoms with Gasteiger partial charge in [-0.25, -0.2) is 0 Å². The molecule has 19 heteroatoms. The molecule has 0 spiro atoms. The first-order chi connectivity index (χ1) is 52.8. The van der Waals surface area contributed by atoms with Gasteiger partial charge in [-0.05, 0) is 44.9 Å². The van der Waals surface area contributed by atoms with Gasteiger partial charge >= 0.3 is 0 Å². The fourth-order valence-corrected chi connectivity index (χ4v) is 15.5. The van der Waals surface area contributed by atoms with Gasteiger partial charge in [0.05, 0.1) is 38.6 Å². The third-order valence-electron chi connectivity index (χ3n) is 22.7. The van der Waals surface area contributed by atoms with Crippen LogP contribution in [0.3, 0.4) is 0 Å². The lowest BCUT2D eigenvalue weighted by Gasteiger charge is -2.48. The molecule has 17 atom stereocenters. The first-order valence-electron chi connectivity index (χ1n) is 45.2. The predicted octanol–water partition coefficient (Wildman–Crippen LogP) is 17.0. The van der Waals surface area contributed by atoms with Gasteiger partial charge in [-0.3, -0.25) is 4.79 Å². The van der Waals surface area contributed by atoms with E-state index in [-0.39, 0.29) is 18.9 Å². The molecule has 3 aliphatic rings. The van der Waals surface area contributed by atoms with E-state index in [1.54, 1.807) is 6.08 Å². The number of rotatable bonds is 74. The molecule has 3 heterocycles. The monoisotopic (exact) mass is 1540 g/mol. The molecule has 0 saturated carbocycles. The highest BCUT2D eigenvalue weighted by Crippen LogP contribution is 2.34. The van der Waals surface area contributed by atoms with Crippen molar-refractivity contribution >= 4 is 5.91 Å². The minimum absolute atomic E-state index is 0.237. The average molecular weight is 1540 g/mol. The molecule has 0 aromatic carbocycles. The second-order valence-corrected chi connectivity index (χ2v) is 32.4. The zero-order valence-electron chi connectivity index (χ0n) is 68.6. The number of nitrogens with one attached hydrogen (secondary N) is 1. The summed E-state index contributed by atoms with van der Waals surface area (Å²) >= 11 is 0. The minimum atomic E-state index is -1.98. The van der Waals surface area contributed by atoms with E-state index in [4.69, 9.17) is 28.4 Å². The number of ether oxygens (including phenoxy) is 6. The predicted molar refractivity (Wildman–Crippen MR) is 434 cm³/mol. The van der Waals surface area contributed by atoms with Crippen LogP contribution in [0.1, 0.15) is 393 Å². The summed E-state index contributed by atoms with van der Waals surface area (Å²) in [5.74, 6) is -0.281. The normalized spacial score (nSPS) is 25.5. The van der Waals surface area contributed by atoms with Gasteiger partial charge in [-0.15, -0.1) is 0 Å². The van der Waals surface area contributed by atoms with E-state index in [0.717, 1.165) is 44.9 Å². The van der Waals surface area contributed by atoms with Crippen molar-refractivity contribution in [1.82, 2.24) is 5.32 Å². The largest absolute Gasteiger partial charge is 0.394 e. The van der Waals surface area contributed by atoms with Crippen LogP contribution in [0, 0.1) is 0 Å². The van der Waals surface area contributed by atoms with Crippen LogP contribution < -0.4 is 5.32 Å². The summed E-state index contributed by atoms with van der Waals surface area (Å²) in [7, 11) is 0. The van der Waals surface area contributed by atoms with Gasteiger partial charge in [0.25, 0.3) is 0 Å². The Balaban J connectivity index is 1.35. The molecule has 0 aromatic heterocycles. The Bertz CT molecular complexity index is 2090. The van der Waals surface area contributed by atoms with E-state index in [0.29, 0.717) is 12.8 Å². The summed E-state index contributed by atoms with van der Waals surface area (Å²) in [4.78, 5) is 13.5. The Kier molecular flexibility index (Phi) is 64.3. The first-order valence-corrected chi connectivity index (χ1v) is 45.2. The summed E-state index contributed by atoms with van der Waals surface area (Å²) in [5, 5.41) is 121. The number of allylic oxidation sites excluding steroid dienone is 5. The Hall–Kier alpha value is -1.99. The molecule has 3 saturated heterocycles. The van der Waals surface area contributed by atoms with Gasteiger partial charge in [0.1, 0.15) is 73.2 Å². The summed E-state index contributed by atoms with van der Waals surface area (Å²) in [6.45, 7) is 1.78. The van der Waals surface area contributed by atoms with Crippen LogP contribution >= 0.6 is 0 Å². The summed E-state index contributed by atoms with van der Waals surface area (Å²) in [5.41, 5.74) is 0. The highest BCUT2D eigenvalue weighted by Gasteiger charge is 2.54. The highest BCUT2D eigenvalue weighted by atomic mass is 16.8. The van der Waals surface area contributed by atoms with Gasteiger partial charge in [0, 0.05) is 6.42 Å². The van der Waals surface area contributed by atoms with Crippen molar-refractivity contribution in [2.75, 3.05) is 26.4 Å². The molecule has 3 rings (SSSR count). The van der Waals surface area contributed by atoms with E-state index < -0.39 is 124 Å². The highest BCUT2D eigenvalue weighted by molar-refractivity contribution is 5.76. The number of aliphatic hydroxyl groups is 11. The number of aliphatic hydroxyl groups excluding tert-OH is 11. The summed E-state index contributed by atoms with van der Waals surface area (Å²) in [6.07, 6.45) is 61.7. The number of amides is 1. The van der Waals surface area contributed by atoms with Crippen molar-refractivity contribution in [2.24, 2.45) is 0 Å². The van der Waals surface area contributed by atoms with Crippen LogP contribution in [-0.2, 0) is 33.2 Å². The Morgan fingerprint density at radius 1 is 0.324 bits per heavy atom. The maximum absolute atomic E-state index is 13.5. The second-order valence-electron chi connectivity index (χ2n) is 32.4. The Labute approximate surface area is 657 Å². The zero-order chi connectivity index (χ0) is 78.1. The molecule has 636 valence electrons. The Morgan fingerprint density at radius 2 is 0.593 bits per heavy atom. The fourth-order valence-electron chi connectivity index (χ4n) is 15.5. The molecular weight excluding hydrogens is 1370 g/mol. The molecule has 108 heavy (non-hydrogen) atoms. The van der Waals surface area contributed by atoms with Crippen molar-refractivity contribution in [2.45, 2.75) is 497 Å². The molecule has 0 bridgehead atoms. The van der Waals surface area contributed by atoms with Gasteiger partial charge in [-0.1, -0.05) is 378 Å².